The minimum Gasteiger partial charge on any atom is -0.491 e. The van der Waals surface area contributed by atoms with Crippen LogP contribution in [0.3, 0.4) is 0 Å². The van der Waals surface area contributed by atoms with E-state index >= 15 is 0 Å². The summed E-state index contributed by atoms with van der Waals surface area (Å²) in [6, 6.07) is 17.5. The molecule has 0 aliphatic heterocycles. The number of nitrogen functional groups attached to an aromatic ring is 1. The summed E-state index contributed by atoms with van der Waals surface area (Å²) in [5.74, 6) is 2.30. The van der Waals surface area contributed by atoms with Crippen LogP contribution < -0.4 is 20.6 Å². The maximum absolute atomic E-state index is 9.68. The topological polar surface area (TPSA) is 113 Å². The highest BCUT2D eigenvalue weighted by Crippen LogP contribution is 2.36. The average molecular weight is 529 g/mol. The molecule has 3 rings (SSSR count). The summed E-state index contributed by atoms with van der Waals surface area (Å²) in [5.41, 5.74) is 12.5. The molecule has 0 spiro atoms. The number of hydrogen-bond acceptors (Lipinski definition) is 8. The SMILES string of the molecule is Cc1cc(C(C)(C)c2ccc(OCc3ccc(N[N+](C)(O)S)nc3N)cc2)cc(C#N)c1OCCCl. The zero-order valence-electron chi connectivity index (χ0n) is 20.7. The standard InChI is InChI=1S/C26H31ClN5O3S/c1-17-13-21(14-19(15-28)24(17)34-12-11-27)26(2,3)20-6-8-22(9-7-20)35-16-18-5-10-23(30-25(18)29)31-32(4,33)36/h5-10,13-14,33,36H,11-12,16H2,1-4H3,(H3,29,30,31)/q+1. The van der Waals surface area contributed by atoms with E-state index < -0.39 is 4.16 Å². The second kappa shape index (κ2) is 11.3. The van der Waals surface area contributed by atoms with Crippen molar-refractivity contribution in [3.05, 3.63) is 76.3 Å². The molecule has 3 aromatic rings. The van der Waals surface area contributed by atoms with Gasteiger partial charge in [-0.25, -0.2) is 4.98 Å². The summed E-state index contributed by atoms with van der Waals surface area (Å²) in [4.78, 5) is 4.22. The Balaban J connectivity index is 1.74. The van der Waals surface area contributed by atoms with Gasteiger partial charge in [-0.15, -0.1) is 11.6 Å². The van der Waals surface area contributed by atoms with Crippen LogP contribution >= 0.6 is 24.4 Å². The van der Waals surface area contributed by atoms with Gasteiger partial charge in [0.15, 0.2) is 5.82 Å². The number of alkyl halides is 1. The number of hydroxylamine groups is 1. The molecule has 4 N–H and O–H groups in total. The van der Waals surface area contributed by atoms with E-state index in [9.17, 15) is 10.5 Å². The van der Waals surface area contributed by atoms with Crippen molar-refractivity contribution in [2.24, 2.45) is 0 Å². The van der Waals surface area contributed by atoms with Crippen molar-refractivity contribution in [2.45, 2.75) is 32.8 Å². The third-order valence-electron chi connectivity index (χ3n) is 5.75. The molecule has 0 bridgehead atoms. The van der Waals surface area contributed by atoms with Gasteiger partial charge in [-0.3, -0.25) is 0 Å². The lowest BCUT2D eigenvalue weighted by Gasteiger charge is -2.27. The number of pyridine rings is 1. The fourth-order valence-electron chi connectivity index (χ4n) is 3.75. The highest BCUT2D eigenvalue weighted by Gasteiger charge is 2.25. The van der Waals surface area contributed by atoms with Crippen LogP contribution in [0.25, 0.3) is 0 Å². The number of nitrogens with two attached hydrogens (primary N) is 1. The van der Waals surface area contributed by atoms with E-state index in [4.69, 9.17) is 26.8 Å². The molecular weight excluding hydrogens is 498 g/mol. The molecule has 10 heteroatoms. The van der Waals surface area contributed by atoms with Crippen molar-refractivity contribution < 1.29 is 18.8 Å². The Morgan fingerprint density at radius 3 is 2.44 bits per heavy atom. The number of hydrogen-bond donors (Lipinski definition) is 4. The Labute approximate surface area is 222 Å². The number of aromatic nitrogens is 1. The Kier molecular flexibility index (Phi) is 8.59. The zero-order valence-corrected chi connectivity index (χ0v) is 22.4. The third-order valence-corrected chi connectivity index (χ3v) is 6.00. The number of nitriles is 1. The number of ether oxygens (including phenoxy) is 2. The molecule has 8 nitrogen and oxygen atoms in total. The molecule has 0 radical (unpaired) electrons. The number of benzene rings is 2. The third kappa shape index (κ3) is 6.74. The minimum absolute atomic E-state index is 0.239. The molecule has 1 heterocycles. The molecule has 2 aromatic carbocycles. The minimum atomic E-state index is -0.770. The molecule has 190 valence electrons. The Hall–Kier alpha value is -3.16. The van der Waals surface area contributed by atoms with Crippen molar-refractivity contribution in [2.75, 3.05) is 30.7 Å². The first-order valence-electron chi connectivity index (χ1n) is 11.3. The molecule has 1 aromatic heterocycles. The number of nitrogens with one attached hydrogen (secondary N) is 1. The van der Waals surface area contributed by atoms with E-state index in [0.29, 0.717) is 46.7 Å². The normalized spacial score (nSPS) is 12.9. The molecule has 1 atom stereocenters. The largest absolute Gasteiger partial charge is 0.491 e. The lowest BCUT2D eigenvalue weighted by Crippen LogP contribution is -2.36. The van der Waals surface area contributed by atoms with Gasteiger partial charge in [0.25, 0.3) is 0 Å². The number of thiol groups is 1. The van der Waals surface area contributed by atoms with Gasteiger partial charge < -0.3 is 15.2 Å². The summed E-state index contributed by atoms with van der Waals surface area (Å²) in [6.07, 6.45) is 0. The Morgan fingerprint density at radius 2 is 1.86 bits per heavy atom. The fraction of sp³-hybridized carbons (Fsp3) is 0.308. The van der Waals surface area contributed by atoms with Crippen LogP contribution in [-0.2, 0) is 12.0 Å². The molecule has 0 saturated heterocycles. The number of rotatable bonds is 10. The molecule has 0 aliphatic rings. The number of aryl methyl sites for hydroxylation is 1. The number of nitrogens with zero attached hydrogens (tertiary/aromatic N) is 3. The predicted molar refractivity (Wildman–Crippen MR) is 144 cm³/mol. The second-order valence-electron chi connectivity index (χ2n) is 9.02. The van der Waals surface area contributed by atoms with E-state index in [1.165, 1.54) is 7.05 Å². The van der Waals surface area contributed by atoms with Crippen LogP contribution in [0.2, 0.25) is 0 Å². The quantitative estimate of drug-likeness (QED) is 0.121. The van der Waals surface area contributed by atoms with Crippen molar-refractivity contribution in [3.63, 3.8) is 0 Å². The van der Waals surface area contributed by atoms with Crippen molar-refractivity contribution in [1.29, 1.82) is 5.26 Å². The molecule has 0 saturated carbocycles. The first-order valence-corrected chi connectivity index (χ1v) is 12.2. The zero-order chi connectivity index (χ0) is 26.5. The fourth-order valence-corrected chi connectivity index (χ4v) is 3.93. The summed E-state index contributed by atoms with van der Waals surface area (Å²) in [6.45, 7) is 6.75. The maximum atomic E-state index is 9.68. The van der Waals surface area contributed by atoms with Crippen LogP contribution in [0.1, 0.15) is 41.7 Å². The summed E-state index contributed by atoms with van der Waals surface area (Å²) in [5, 5.41) is 19.3. The van der Waals surface area contributed by atoms with E-state index in [-0.39, 0.29) is 12.0 Å². The maximum Gasteiger partial charge on any atom is 0.180 e. The van der Waals surface area contributed by atoms with Crippen LogP contribution in [0, 0.1) is 18.3 Å². The Bertz CT molecular complexity index is 1250. The van der Waals surface area contributed by atoms with Crippen molar-refractivity contribution >= 4 is 36.1 Å². The molecule has 0 fully saturated rings. The van der Waals surface area contributed by atoms with Gasteiger partial charge in [0.2, 0.25) is 0 Å². The molecule has 0 amide bonds. The lowest BCUT2D eigenvalue weighted by molar-refractivity contribution is -0.955. The van der Waals surface area contributed by atoms with Crippen molar-refractivity contribution in [1.82, 2.24) is 4.98 Å². The second-order valence-corrected chi connectivity index (χ2v) is 10.2. The van der Waals surface area contributed by atoms with E-state index in [2.05, 4.69) is 49.2 Å². The summed E-state index contributed by atoms with van der Waals surface area (Å²) in [7, 11) is 1.43. The van der Waals surface area contributed by atoms with Gasteiger partial charge >= 0.3 is 0 Å². The van der Waals surface area contributed by atoms with Gasteiger partial charge in [0.05, 0.1) is 11.4 Å². The molecule has 36 heavy (non-hydrogen) atoms. The highest BCUT2D eigenvalue weighted by atomic mass is 35.5. The van der Waals surface area contributed by atoms with E-state index in [0.717, 1.165) is 16.7 Å². The number of halogens is 1. The Morgan fingerprint density at radius 1 is 1.17 bits per heavy atom. The number of quaternary nitrogens is 1. The average Bonchev–Trinajstić information content (AvgIpc) is 2.81. The first-order chi connectivity index (χ1) is 16.9. The van der Waals surface area contributed by atoms with Crippen LogP contribution in [0.5, 0.6) is 11.5 Å². The van der Waals surface area contributed by atoms with Gasteiger partial charge in [-0.05, 0) is 58.1 Å². The monoisotopic (exact) mass is 528 g/mol. The van der Waals surface area contributed by atoms with E-state index in [1.54, 1.807) is 12.1 Å². The van der Waals surface area contributed by atoms with Gasteiger partial charge in [-0.2, -0.15) is 15.9 Å². The summed E-state index contributed by atoms with van der Waals surface area (Å²) < 4.78 is 10.8. The lowest BCUT2D eigenvalue weighted by atomic mass is 9.77. The van der Waals surface area contributed by atoms with Crippen LogP contribution in [0.4, 0.5) is 11.6 Å². The smallest absolute Gasteiger partial charge is 0.180 e. The van der Waals surface area contributed by atoms with Gasteiger partial charge in [0.1, 0.15) is 56.5 Å². The van der Waals surface area contributed by atoms with Crippen LogP contribution in [0.15, 0.2) is 48.5 Å². The molecule has 1 unspecified atom stereocenters. The molecular formula is C26H31ClN5O3S+. The van der Waals surface area contributed by atoms with Crippen LogP contribution in [-0.4, -0.2) is 33.9 Å². The summed E-state index contributed by atoms with van der Waals surface area (Å²) >= 11 is 9.70. The highest BCUT2D eigenvalue weighted by molar-refractivity contribution is 7.74. The van der Waals surface area contributed by atoms with Crippen molar-refractivity contribution in [3.8, 4) is 17.6 Å². The first kappa shape index (κ1) is 27.4. The van der Waals surface area contributed by atoms with Gasteiger partial charge in [0, 0.05) is 11.0 Å². The predicted octanol–water partition coefficient (Wildman–Crippen LogP) is 5.37. The van der Waals surface area contributed by atoms with E-state index in [1.807, 2.05) is 37.3 Å². The van der Waals surface area contributed by atoms with Gasteiger partial charge in [-0.1, -0.05) is 32.0 Å². The molecule has 0 aliphatic carbocycles. The number of anilines is 2.